The van der Waals surface area contributed by atoms with Crippen molar-refractivity contribution in [3.63, 3.8) is 0 Å². The van der Waals surface area contributed by atoms with Crippen LogP contribution in [0.1, 0.15) is 12.8 Å². The highest BCUT2D eigenvalue weighted by Crippen LogP contribution is 2.34. The van der Waals surface area contributed by atoms with Crippen LogP contribution in [-0.2, 0) is 0 Å². The molecular formula is C14H11ClN4O. The van der Waals surface area contributed by atoms with E-state index in [0.29, 0.717) is 22.8 Å². The summed E-state index contributed by atoms with van der Waals surface area (Å²) in [4.78, 5) is 8.65. The number of nitrogens with zero attached hydrogens (tertiary/aromatic N) is 4. The Morgan fingerprint density at radius 1 is 1.25 bits per heavy atom. The number of hydrogen-bond acceptors (Lipinski definition) is 4. The van der Waals surface area contributed by atoms with Gasteiger partial charge in [0.05, 0.1) is 11.8 Å². The van der Waals surface area contributed by atoms with Gasteiger partial charge in [-0.15, -0.1) is 0 Å². The number of rotatable bonds is 3. The Morgan fingerprint density at radius 2 is 2.15 bits per heavy atom. The third kappa shape index (κ3) is 2.00. The first-order chi connectivity index (χ1) is 9.81. The van der Waals surface area contributed by atoms with E-state index in [-0.39, 0.29) is 0 Å². The summed E-state index contributed by atoms with van der Waals surface area (Å²) < 4.78 is 7.54. The van der Waals surface area contributed by atoms with Crippen molar-refractivity contribution in [2.75, 3.05) is 0 Å². The minimum Gasteiger partial charge on any atom is -0.474 e. The Bertz CT molecular complexity index is 782. The highest BCUT2D eigenvalue weighted by atomic mass is 35.5. The summed E-state index contributed by atoms with van der Waals surface area (Å²) >= 11 is 5.97. The number of hydrogen-bond donors (Lipinski definition) is 0. The van der Waals surface area contributed by atoms with Crippen LogP contribution in [0.15, 0.2) is 36.8 Å². The van der Waals surface area contributed by atoms with E-state index in [2.05, 4.69) is 15.1 Å². The molecule has 0 amide bonds. The Balaban J connectivity index is 1.87. The molecule has 0 N–H and O–H groups in total. The molecule has 0 radical (unpaired) electrons. The number of aromatic nitrogens is 4. The average Bonchev–Trinajstić information content (AvgIpc) is 3.17. The Kier molecular flexibility index (Phi) is 2.60. The largest absolute Gasteiger partial charge is 0.474 e. The molecule has 5 nitrogen and oxygen atoms in total. The quantitative estimate of drug-likeness (QED) is 0.695. The summed E-state index contributed by atoms with van der Waals surface area (Å²) in [5.74, 6) is 0.631. The lowest BCUT2D eigenvalue weighted by molar-refractivity contribution is 0.292. The van der Waals surface area contributed by atoms with Gasteiger partial charge in [0.2, 0.25) is 5.88 Å². The van der Waals surface area contributed by atoms with Gasteiger partial charge >= 0.3 is 0 Å². The van der Waals surface area contributed by atoms with Gasteiger partial charge in [-0.25, -0.2) is 14.5 Å². The molecule has 0 unspecified atom stereocenters. The molecule has 1 aliphatic rings. The third-order valence-electron chi connectivity index (χ3n) is 3.20. The molecule has 3 aromatic heterocycles. The number of halogens is 1. The summed E-state index contributed by atoms with van der Waals surface area (Å²) in [7, 11) is 0. The number of ether oxygens (including phenoxy) is 1. The van der Waals surface area contributed by atoms with Crippen LogP contribution >= 0.6 is 11.6 Å². The Morgan fingerprint density at radius 3 is 3.00 bits per heavy atom. The first-order valence-electron chi connectivity index (χ1n) is 6.43. The van der Waals surface area contributed by atoms with Crippen LogP contribution in [0.4, 0.5) is 0 Å². The van der Waals surface area contributed by atoms with E-state index in [0.717, 1.165) is 24.0 Å². The van der Waals surface area contributed by atoms with Gasteiger partial charge in [-0.2, -0.15) is 5.10 Å². The van der Waals surface area contributed by atoms with Crippen molar-refractivity contribution >= 4 is 17.2 Å². The van der Waals surface area contributed by atoms with Crippen LogP contribution in [0.3, 0.4) is 0 Å². The summed E-state index contributed by atoms with van der Waals surface area (Å²) in [5, 5.41) is 4.72. The second kappa shape index (κ2) is 4.45. The Hall–Kier alpha value is -2.14. The molecule has 20 heavy (non-hydrogen) atoms. The van der Waals surface area contributed by atoms with Crippen LogP contribution in [0.5, 0.6) is 5.88 Å². The lowest BCUT2D eigenvalue weighted by Gasteiger charge is -2.08. The van der Waals surface area contributed by atoms with Gasteiger partial charge in [0.1, 0.15) is 11.3 Å². The van der Waals surface area contributed by atoms with Crippen molar-refractivity contribution in [3.05, 3.63) is 41.9 Å². The number of fused-ring (bicyclic) bond motifs is 1. The summed E-state index contributed by atoms with van der Waals surface area (Å²) in [6.07, 6.45) is 7.75. The standard InChI is InChI=1S/C14H11ClN4O/c15-12-5-7-19-13(18-12)11(8-17-19)10-2-1-6-16-14(10)20-9-3-4-9/h1-2,5-9H,3-4H2. The molecule has 100 valence electrons. The topological polar surface area (TPSA) is 52.3 Å². The van der Waals surface area contributed by atoms with Crippen molar-refractivity contribution in [3.8, 4) is 17.0 Å². The first-order valence-corrected chi connectivity index (χ1v) is 6.81. The molecule has 0 aromatic carbocycles. The van der Waals surface area contributed by atoms with E-state index in [1.54, 1.807) is 29.2 Å². The monoisotopic (exact) mass is 286 g/mol. The molecule has 3 aromatic rings. The molecule has 0 bridgehead atoms. The fourth-order valence-electron chi connectivity index (χ4n) is 2.07. The smallest absolute Gasteiger partial charge is 0.221 e. The van der Waals surface area contributed by atoms with Crippen LogP contribution in [0, 0.1) is 0 Å². The maximum absolute atomic E-state index is 5.97. The maximum Gasteiger partial charge on any atom is 0.221 e. The summed E-state index contributed by atoms with van der Waals surface area (Å²) in [5.41, 5.74) is 2.46. The van der Waals surface area contributed by atoms with E-state index >= 15 is 0 Å². The zero-order chi connectivity index (χ0) is 13.5. The highest BCUT2D eigenvalue weighted by molar-refractivity contribution is 6.29. The molecule has 1 fully saturated rings. The van der Waals surface area contributed by atoms with E-state index in [1.807, 2.05) is 12.1 Å². The van der Waals surface area contributed by atoms with Gasteiger partial charge in [-0.05, 0) is 31.0 Å². The molecule has 0 atom stereocenters. The second-order valence-corrected chi connectivity index (χ2v) is 5.14. The molecular weight excluding hydrogens is 276 g/mol. The normalized spacial score (nSPS) is 14.7. The van der Waals surface area contributed by atoms with Gasteiger partial charge in [0.15, 0.2) is 5.65 Å². The minimum absolute atomic E-state index is 0.294. The van der Waals surface area contributed by atoms with Gasteiger partial charge in [-0.3, -0.25) is 0 Å². The predicted molar refractivity (Wildman–Crippen MR) is 74.9 cm³/mol. The van der Waals surface area contributed by atoms with E-state index in [4.69, 9.17) is 16.3 Å². The van der Waals surface area contributed by atoms with E-state index < -0.39 is 0 Å². The fraction of sp³-hybridized carbons (Fsp3) is 0.214. The molecule has 0 saturated heterocycles. The van der Waals surface area contributed by atoms with Crippen molar-refractivity contribution in [2.45, 2.75) is 18.9 Å². The maximum atomic E-state index is 5.97. The van der Waals surface area contributed by atoms with Gasteiger partial charge in [0, 0.05) is 18.0 Å². The molecule has 1 saturated carbocycles. The van der Waals surface area contributed by atoms with Crippen molar-refractivity contribution in [1.82, 2.24) is 19.6 Å². The molecule has 0 aliphatic heterocycles. The third-order valence-corrected chi connectivity index (χ3v) is 3.41. The van der Waals surface area contributed by atoms with Gasteiger partial charge in [0.25, 0.3) is 0 Å². The SMILES string of the molecule is Clc1ccn2ncc(-c3cccnc3OC3CC3)c2n1. The molecule has 6 heteroatoms. The lowest BCUT2D eigenvalue weighted by Crippen LogP contribution is -2.00. The summed E-state index contributed by atoms with van der Waals surface area (Å²) in [6, 6.07) is 5.55. The molecule has 1 aliphatic carbocycles. The average molecular weight is 287 g/mol. The zero-order valence-electron chi connectivity index (χ0n) is 10.5. The molecule has 3 heterocycles. The molecule has 4 rings (SSSR count). The first kappa shape index (κ1) is 11.7. The van der Waals surface area contributed by atoms with Crippen LogP contribution in [0.2, 0.25) is 5.15 Å². The van der Waals surface area contributed by atoms with Crippen molar-refractivity contribution in [1.29, 1.82) is 0 Å². The van der Waals surface area contributed by atoms with E-state index in [1.165, 1.54) is 0 Å². The predicted octanol–water partition coefficient (Wildman–Crippen LogP) is 2.99. The lowest BCUT2D eigenvalue weighted by atomic mass is 10.1. The van der Waals surface area contributed by atoms with E-state index in [9.17, 15) is 0 Å². The second-order valence-electron chi connectivity index (χ2n) is 4.75. The Labute approximate surface area is 120 Å². The molecule has 0 spiro atoms. The zero-order valence-corrected chi connectivity index (χ0v) is 11.3. The minimum atomic E-state index is 0.294. The van der Waals surface area contributed by atoms with Crippen LogP contribution in [0.25, 0.3) is 16.8 Å². The number of pyridine rings is 1. The fourth-order valence-corrected chi connectivity index (χ4v) is 2.21. The van der Waals surface area contributed by atoms with Crippen LogP contribution in [-0.4, -0.2) is 25.7 Å². The van der Waals surface area contributed by atoms with Crippen molar-refractivity contribution < 1.29 is 4.74 Å². The van der Waals surface area contributed by atoms with Gasteiger partial charge < -0.3 is 4.74 Å². The van der Waals surface area contributed by atoms with Crippen molar-refractivity contribution in [2.24, 2.45) is 0 Å². The summed E-state index contributed by atoms with van der Waals surface area (Å²) in [6.45, 7) is 0. The van der Waals surface area contributed by atoms with Gasteiger partial charge in [-0.1, -0.05) is 11.6 Å². The highest BCUT2D eigenvalue weighted by Gasteiger charge is 2.26. The van der Waals surface area contributed by atoms with Crippen LogP contribution < -0.4 is 4.74 Å².